The van der Waals surface area contributed by atoms with Crippen LogP contribution in [0.4, 0.5) is 5.13 Å². The van der Waals surface area contributed by atoms with Crippen LogP contribution in [0.25, 0.3) is 0 Å². The van der Waals surface area contributed by atoms with Crippen molar-refractivity contribution in [3.8, 4) is 0 Å². The van der Waals surface area contributed by atoms with Crippen molar-refractivity contribution in [1.29, 1.82) is 0 Å². The summed E-state index contributed by atoms with van der Waals surface area (Å²) in [5, 5.41) is 8.96. The van der Waals surface area contributed by atoms with Gasteiger partial charge in [0.25, 0.3) is 0 Å². The van der Waals surface area contributed by atoms with E-state index in [1.54, 1.807) is 11.3 Å². The van der Waals surface area contributed by atoms with E-state index in [4.69, 9.17) is 5.14 Å². The Balaban J connectivity index is 1.79. The Hall–Kier alpha value is -1.03. The fourth-order valence-electron chi connectivity index (χ4n) is 2.32. The first-order valence-corrected chi connectivity index (χ1v) is 9.41. The maximum Gasteiger partial charge on any atom is 0.249 e. The minimum Gasteiger partial charge on any atom is -0.347 e. The van der Waals surface area contributed by atoms with E-state index >= 15 is 0 Å². The molecule has 0 unspecified atom stereocenters. The van der Waals surface area contributed by atoms with Crippen molar-refractivity contribution in [2.24, 2.45) is 5.14 Å². The van der Waals surface area contributed by atoms with Crippen molar-refractivity contribution < 1.29 is 8.42 Å². The van der Waals surface area contributed by atoms with Gasteiger partial charge >= 0.3 is 0 Å². The molecule has 0 spiro atoms. The summed E-state index contributed by atoms with van der Waals surface area (Å²) in [4.78, 5) is 10.7. The lowest BCUT2D eigenvalue weighted by molar-refractivity contribution is 0.508. The molecule has 1 aliphatic heterocycles. The second-order valence-electron chi connectivity index (χ2n) is 4.66. The van der Waals surface area contributed by atoms with Crippen LogP contribution in [0.2, 0.25) is 0 Å². The van der Waals surface area contributed by atoms with Crippen LogP contribution < -0.4 is 10.0 Å². The standard InChI is InChI=1S/C11H14N4O2S3/c12-20(16,17)9-6-14-11(19-9)15-4-1-2-8(7-15)10-13-3-5-18-10/h3,5-6,8H,1-2,4,7H2,(H2,12,16,17)/t8-/m0/s1. The zero-order chi connectivity index (χ0) is 14.2. The minimum absolute atomic E-state index is 0.115. The van der Waals surface area contributed by atoms with Crippen LogP contribution in [0.5, 0.6) is 0 Å². The van der Waals surface area contributed by atoms with Gasteiger partial charge in [0.15, 0.2) is 9.34 Å². The lowest BCUT2D eigenvalue weighted by Crippen LogP contribution is -2.34. The van der Waals surface area contributed by atoms with Crippen molar-refractivity contribution in [2.75, 3.05) is 18.0 Å². The van der Waals surface area contributed by atoms with Crippen LogP contribution in [0.15, 0.2) is 22.0 Å². The molecule has 0 saturated carbocycles. The molecule has 2 aromatic heterocycles. The highest BCUT2D eigenvalue weighted by Gasteiger charge is 2.25. The van der Waals surface area contributed by atoms with Crippen LogP contribution in [0.3, 0.4) is 0 Å². The Kier molecular flexibility index (Phi) is 3.76. The van der Waals surface area contributed by atoms with Gasteiger partial charge in [-0.3, -0.25) is 0 Å². The maximum atomic E-state index is 11.3. The van der Waals surface area contributed by atoms with Crippen LogP contribution in [-0.2, 0) is 10.0 Å². The van der Waals surface area contributed by atoms with Gasteiger partial charge in [-0.25, -0.2) is 23.5 Å². The SMILES string of the molecule is NS(=O)(=O)c1cnc(N2CCC[C@H](c3nccs3)C2)s1. The highest BCUT2D eigenvalue weighted by atomic mass is 32.2. The lowest BCUT2D eigenvalue weighted by Gasteiger charge is -2.31. The van der Waals surface area contributed by atoms with Crippen molar-refractivity contribution in [3.05, 3.63) is 22.8 Å². The van der Waals surface area contributed by atoms with Crippen LogP contribution in [0.1, 0.15) is 23.8 Å². The van der Waals surface area contributed by atoms with Crippen LogP contribution in [0, 0.1) is 0 Å². The van der Waals surface area contributed by atoms with Crippen LogP contribution in [-0.4, -0.2) is 31.5 Å². The molecule has 1 saturated heterocycles. The number of nitrogens with zero attached hydrogens (tertiary/aromatic N) is 3. The summed E-state index contributed by atoms with van der Waals surface area (Å²) in [6.45, 7) is 1.71. The first-order chi connectivity index (χ1) is 9.54. The maximum absolute atomic E-state index is 11.3. The van der Waals surface area contributed by atoms with E-state index in [0.717, 1.165) is 47.4 Å². The first-order valence-electron chi connectivity index (χ1n) is 6.17. The zero-order valence-corrected chi connectivity index (χ0v) is 13.0. The fourth-order valence-corrected chi connectivity index (χ4v) is 4.66. The third-order valence-corrected chi connectivity index (χ3v) is 6.65. The number of hydrogen-bond donors (Lipinski definition) is 1. The molecule has 0 aromatic carbocycles. The topological polar surface area (TPSA) is 89.2 Å². The number of hydrogen-bond acceptors (Lipinski definition) is 7. The van der Waals surface area contributed by atoms with Crippen LogP contribution >= 0.6 is 22.7 Å². The molecule has 0 aliphatic carbocycles. The smallest absolute Gasteiger partial charge is 0.249 e. The van der Waals surface area contributed by atoms with Gasteiger partial charge in [0.1, 0.15) is 0 Å². The summed E-state index contributed by atoms with van der Waals surface area (Å²) >= 11 is 2.80. The molecule has 0 bridgehead atoms. The predicted octanol–water partition coefficient (Wildman–Crippen LogP) is 1.63. The number of anilines is 1. The molecule has 1 aliphatic rings. The van der Waals surface area contributed by atoms with E-state index in [1.165, 1.54) is 6.20 Å². The Labute approximate surface area is 125 Å². The van der Waals surface area contributed by atoms with Crippen molar-refractivity contribution in [1.82, 2.24) is 9.97 Å². The monoisotopic (exact) mass is 330 g/mol. The Morgan fingerprint density at radius 2 is 2.25 bits per heavy atom. The first kappa shape index (κ1) is 13.9. The molecule has 1 fully saturated rings. The van der Waals surface area contributed by atoms with Gasteiger partial charge in [-0.15, -0.1) is 11.3 Å². The average molecular weight is 330 g/mol. The Morgan fingerprint density at radius 3 is 2.90 bits per heavy atom. The van der Waals surface area contributed by atoms with E-state index in [2.05, 4.69) is 14.9 Å². The molecule has 2 N–H and O–H groups in total. The normalized spacial score (nSPS) is 20.2. The number of piperidine rings is 1. The van der Waals surface area contributed by atoms with Gasteiger partial charge in [-0.2, -0.15) is 0 Å². The van der Waals surface area contributed by atoms with Crippen molar-refractivity contribution in [3.63, 3.8) is 0 Å². The number of sulfonamides is 1. The summed E-state index contributed by atoms with van der Waals surface area (Å²) in [6.07, 6.45) is 5.32. The predicted molar refractivity (Wildman–Crippen MR) is 79.8 cm³/mol. The summed E-state index contributed by atoms with van der Waals surface area (Å²) in [5.41, 5.74) is 0. The number of aromatic nitrogens is 2. The quantitative estimate of drug-likeness (QED) is 0.924. The third-order valence-electron chi connectivity index (χ3n) is 3.25. The molecule has 3 rings (SSSR count). The Morgan fingerprint density at radius 1 is 1.40 bits per heavy atom. The second-order valence-corrected chi connectivity index (χ2v) is 8.39. The number of nitrogens with two attached hydrogens (primary N) is 1. The molecule has 6 nitrogen and oxygen atoms in total. The van der Waals surface area contributed by atoms with E-state index in [1.807, 2.05) is 11.6 Å². The fraction of sp³-hybridized carbons (Fsp3) is 0.455. The van der Waals surface area contributed by atoms with Crippen molar-refractivity contribution in [2.45, 2.75) is 23.0 Å². The number of rotatable bonds is 3. The largest absolute Gasteiger partial charge is 0.347 e. The highest BCUT2D eigenvalue weighted by Crippen LogP contribution is 2.33. The van der Waals surface area contributed by atoms with E-state index in [9.17, 15) is 8.42 Å². The zero-order valence-electron chi connectivity index (χ0n) is 10.6. The molecule has 2 aromatic rings. The summed E-state index contributed by atoms with van der Waals surface area (Å²) in [6, 6.07) is 0. The summed E-state index contributed by atoms with van der Waals surface area (Å²) in [7, 11) is -3.66. The Bertz CT molecular complexity index is 680. The average Bonchev–Trinajstić information content (AvgIpc) is 3.10. The van der Waals surface area contributed by atoms with Gasteiger partial charge in [0.05, 0.1) is 11.2 Å². The molecule has 0 amide bonds. The number of primary sulfonamides is 1. The number of thiazole rings is 2. The molecule has 108 valence electrons. The molecular formula is C11H14N4O2S3. The lowest BCUT2D eigenvalue weighted by atomic mass is 9.99. The molecule has 1 atom stereocenters. The van der Waals surface area contributed by atoms with E-state index in [-0.39, 0.29) is 4.21 Å². The van der Waals surface area contributed by atoms with Gasteiger partial charge in [0, 0.05) is 30.6 Å². The minimum atomic E-state index is -3.66. The van der Waals surface area contributed by atoms with E-state index < -0.39 is 10.0 Å². The summed E-state index contributed by atoms with van der Waals surface area (Å²) < 4.78 is 22.7. The second kappa shape index (κ2) is 5.40. The molecule has 9 heteroatoms. The third kappa shape index (κ3) is 2.85. The molecular weight excluding hydrogens is 316 g/mol. The highest BCUT2D eigenvalue weighted by molar-refractivity contribution is 7.91. The van der Waals surface area contributed by atoms with Crippen molar-refractivity contribution >= 4 is 37.8 Å². The van der Waals surface area contributed by atoms with Gasteiger partial charge in [-0.05, 0) is 12.8 Å². The molecule has 20 heavy (non-hydrogen) atoms. The molecule has 3 heterocycles. The van der Waals surface area contributed by atoms with Gasteiger partial charge < -0.3 is 4.90 Å². The van der Waals surface area contributed by atoms with E-state index in [0.29, 0.717) is 5.92 Å². The van der Waals surface area contributed by atoms with Gasteiger partial charge in [0.2, 0.25) is 10.0 Å². The summed E-state index contributed by atoms with van der Waals surface area (Å²) in [5.74, 6) is 0.394. The van der Waals surface area contributed by atoms with Gasteiger partial charge in [-0.1, -0.05) is 11.3 Å². The molecule has 0 radical (unpaired) electrons.